The molecule has 2 atom stereocenters. The highest BCUT2D eigenvalue weighted by Crippen LogP contribution is 2.17. The maximum absolute atomic E-state index is 12.1. The van der Waals surface area contributed by atoms with E-state index in [-0.39, 0.29) is 30.7 Å². The highest BCUT2D eigenvalue weighted by Gasteiger charge is 2.33. The van der Waals surface area contributed by atoms with E-state index in [4.69, 9.17) is 5.11 Å². The molecular formula is C11H22N2O4S. The Bertz CT molecular complexity index is 384. The van der Waals surface area contributed by atoms with Gasteiger partial charge in [-0.2, -0.15) is 4.31 Å². The van der Waals surface area contributed by atoms with Gasteiger partial charge in [0.05, 0.1) is 5.75 Å². The van der Waals surface area contributed by atoms with E-state index in [0.29, 0.717) is 13.1 Å². The topological polar surface area (TPSA) is 77.9 Å². The molecular weight excluding hydrogens is 256 g/mol. The van der Waals surface area contributed by atoms with E-state index in [0.717, 1.165) is 0 Å². The van der Waals surface area contributed by atoms with Crippen molar-refractivity contribution in [1.29, 1.82) is 0 Å². The molecule has 0 amide bonds. The Hall–Kier alpha value is -0.660. The van der Waals surface area contributed by atoms with Crippen molar-refractivity contribution in [2.45, 2.75) is 38.8 Å². The van der Waals surface area contributed by atoms with E-state index >= 15 is 0 Å². The molecule has 2 unspecified atom stereocenters. The predicted octanol–water partition coefficient (Wildman–Crippen LogP) is 0.205. The van der Waals surface area contributed by atoms with Crippen molar-refractivity contribution in [3.8, 4) is 0 Å². The van der Waals surface area contributed by atoms with Crippen LogP contribution in [0, 0.1) is 0 Å². The van der Waals surface area contributed by atoms with Crippen molar-refractivity contribution in [2.24, 2.45) is 0 Å². The smallest absolute Gasteiger partial charge is 0.303 e. The minimum atomic E-state index is -3.32. The third-order valence-corrected chi connectivity index (χ3v) is 5.40. The van der Waals surface area contributed by atoms with Crippen molar-refractivity contribution in [3.63, 3.8) is 0 Å². The van der Waals surface area contributed by atoms with Gasteiger partial charge in [-0.05, 0) is 27.3 Å². The lowest BCUT2D eigenvalue weighted by molar-refractivity contribution is -0.137. The number of likely N-dealkylation sites (N-methyl/N-ethyl adjacent to an activating group) is 1. The molecule has 0 radical (unpaired) electrons. The molecule has 0 aromatic heterocycles. The van der Waals surface area contributed by atoms with E-state index < -0.39 is 16.0 Å². The van der Waals surface area contributed by atoms with Gasteiger partial charge in [0, 0.05) is 31.6 Å². The summed E-state index contributed by atoms with van der Waals surface area (Å²) >= 11 is 0. The van der Waals surface area contributed by atoms with E-state index in [1.54, 1.807) is 0 Å². The average molecular weight is 278 g/mol. The van der Waals surface area contributed by atoms with Crippen LogP contribution in [0.5, 0.6) is 0 Å². The van der Waals surface area contributed by atoms with E-state index in [9.17, 15) is 13.2 Å². The molecule has 1 saturated heterocycles. The summed E-state index contributed by atoms with van der Waals surface area (Å²) in [6.07, 6.45) is 0.0743. The maximum atomic E-state index is 12.1. The zero-order valence-corrected chi connectivity index (χ0v) is 12.0. The Morgan fingerprint density at radius 1 is 1.28 bits per heavy atom. The fourth-order valence-corrected chi connectivity index (χ4v) is 3.77. The summed E-state index contributed by atoms with van der Waals surface area (Å²) in [5.74, 6) is -1.03. The summed E-state index contributed by atoms with van der Waals surface area (Å²) in [6, 6.07) is 0.367. The molecule has 0 spiro atoms. The molecule has 6 nitrogen and oxygen atoms in total. The van der Waals surface area contributed by atoms with Gasteiger partial charge in [0.2, 0.25) is 10.0 Å². The Kier molecular flexibility index (Phi) is 5.12. The number of carboxylic acids is 1. The van der Waals surface area contributed by atoms with Crippen LogP contribution < -0.4 is 0 Å². The van der Waals surface area contributed by atoms with Gasteiger partial charge in [-0.1, -0.05) is 0 Å². The van der Waals surface area contributed by atoms with Crippen molar-refractivity contribution in [1.82, 2.24) is 9.21 Å². The summed E-state index contributed by atoms with van der Waals surface area (Å²) in [4.78, 5) is 12.5. The molecule has 0 aromatic rings. The lowest BCUT2D eigenvalue weighted by atomic mass is 10.1. The van der Waals surface area contributed by atoms with Gasteiger partial charge < -0.3 is 5.11 Å². The van der Waals surface area contributed by atoms with Gasteiger partial charge in [-0.3, -0.25) is 9.69 Å². The van der Waals surface area contributed by atoms with E-state index in [1.165, 1.54) is 4.31 Å². The lowest BCUT2D eigenvalue weighted by Gasteiger charge is -2.41. The lowest BCUT2D eigenvalue weighted by Crippen LogP contribution is -2.56. The van der Waals surface area contributed by atoms with Gasteiger partial charge in [0.15, 0.2) is 0 Å². The number of carboxylic acid groups (broad SMARTS) is 1. The second-order valence-corrected chi connectivity index (χ2v) is 7.08. The highest BCUT2D eigenvalue weighted by atomic mass is 32.2. The molecule has 1 heterocycles. The van der Waals surface area contributed by atoms with Gasteiger partial charge in [0.1, 0.15) is 0 Å². The first-order valence-corrected chi connectivity index (χ1v) is 7.76. The summed E-state index contributed by atoms with van der Waals surface area (Å²) in [7, 11) is -1.34. The third kappa shape index (κ3) is 3.93. The Balaban J connectivity index is 2.60. The van der Waals surface area contributed by atoms with Gasteiger partial charge in [0.25, 0.3) is 0 Å². The first-order chi connectivity index (χ1) is 8.24. The van der Waals surface area contributed by atoms with Crippen LogP contribution in [0.1, 0.15) is 26.7 Å². The average Bonchev–Trinajstić information content (AvgIpc) is 2.24. The zero-order valence-electron chi connectivity index (χ0n) is 11.2. The molecule has 7 heteroatoms. The van der Waals surface area contributed by atoms with Crippen molar-refractivity contribution < 1.29 is 18.3 Å². The van der Waals surface area contributed by atoms with Crippen molar-refractivity contribution in [2.75, 3.05) is 25.9 Å². The number of hydrogen-bond acceptors (Lipinski definition) is 4. The number of carbonyl (C=O) groups is 1. The van der Waals surface area contributed by atoms with Gasteiger partial charge in [-0.15, -0.1) is 0 Å². The van der Waals surface area contributed by atoms with Crippen LogP contribution >= 0.6 is 0 Å². The van der Waals surface area contributed by atoms with Crippen LogP contribution in [0.15, 0.2) is 0 Å². The van der Waals surface area contributed by atoms with Crippen LogP contribution in [0.2, 0.25) is 0 Å². The van der Waals surface area contributed by atoms with Crippen LogP contribution in [0.4, 0.5) is 0 Å². The summed E-state index contributed by atoms with van der Waals surface area (Å²) < 4.78 is 25.6. The molecule has 1 aliphatic heterocycles. The van der Waals surface area contributed by atoms with Crippen LogP contribution in [0.25, 0.3) is 0 Å². The number of piperazine rings is 1. The number of hydrogen-bond donors (Lipinski definition) is 1. The quantitative estimate of drug-likeness (QED) is 0.777. The Morgan fingerprint density at radius 3 is 2.22 bits per heavy atom. The van der Waals surface area contributed by atoms with Crippen molar-refractivity contribution >= 4 is 16.0 Å². The minimum absolute atomic E-state index is 0.0809. The second kappa shape index (κ2) is 5.99. The molecule has 0 aliphatic carbocycles. The van der Waals surface area contributed by atoms with Crippen LogP contribution in [-0.4, -0.2) is 66.7 Å². The van der Waals surface area contributed by atoms with Gasteiger partial charge in [-0.25, -0.2) is 8.42 Å². The van der Waals surface area contributed by atoms with Crippen LogP contribution in [-0.2, 0) is 14.8 Å². The predicted molar refractivity (Wildman–Crippen MR) is 68.9 cm³/mol. The Morgan fingerprint density at radius 2 is 1.78 bits per heavy atom. The number of aliphatic carboxylic acids is 1. The second-order valence-electron chi connectivity index (χ2n) is 4.99. The van der Waals surface area contributed by atoms with Crippen LogP contribution in [0.3, 0.4) is 0 Å². The van der Waals surface area contributed by atoms with Crippen molar-refractivity contribution in [3.05, 3.63) is 0 Å². The highest BCUT2D eigenvalue weighted by molar-refractivity contribution is 7.89. The first-order valence-electron chi connectivity index (χ1n) is 6.15. The fraction of sp³-hybridized carbons (Fsp3) is 0.909. The molecule has 0 bridgehead atoms. The monoisotopic (exact) mass is 278 g/mol. The summed E-state index contributed by atoms with van der Waals surface area (Å²) in [6.45, 7) is 4.96. The van der Waals surface area contributed by atoms with E-state index in [1.807, 2.05) is 20.9 Å². The zero-order chi connectivity index (χ0) is 13.9. The fourth-order valence-electron chi connectivity index (χ4n) is 2.12. The summed E-state index contributed by atoms with van der Waals surface area (Å²) in [5.41, 5.74) is 0. The largest absolute Gasteiger partial charge is 0.481 e. The third-order valence-electron chi connectivity index (χ3n) is 3.51. The summed E-state index contributed by atoms with van der Waals surface area (Å²) in [5, 5.41) is 8.52. The molecule has 1 rings (SSSR count). The van der Waals surface area contributed by atoms with Gasteiger partial charge >= 0.3 is 5.97 Å². The molecule has 1 N–H and O–H groups in total. The first kappa shape index (κ1) is 15.4. The molecule has 0 aromatic carbocycles. The molecule has 1 aliphatic rings. The standard InChI is InChI=1S/C11H22N2O4S/c1-9-7-13(8-10(2)12(9)3)18(16,17)6-4-5-11(14)15/h9-10H,4-8H2,1-3H3,(H,14,15). The molecule has 1 fully saturated rings. The maximum Gasteiger partial charge on any atom is 0.303 e. The van der Waals surface area contributed by atoms with E-state index in [2.05, 4.69) is 4.90 Å². The SMILES string of the molecule is CC1CN(S(=O)(=O)CCCC(=O)O)CC(C)N1C. The molecule has 18 heavy (non-hydrogen) atoms. The Labute approximate surface area is 109 Å². The molecule has 0 saturated carbocycles. The number of nitrogens with zero attached hydrogens (tertiary/aromatic N) is 2. The minimum Gasteiger partial charge on any atom is -0.481 e. The number of rotatable bonds is 5. The molecule has 106 valence electrons. The number of sulfonamides is 1. The normalized spacial score (nSPS) is 27.3.